The molecule has 43 heavy (non-hydrogen) atoms. The van der Waals surface area contributed by atoms with Crippen LogP contribution in [0.3, 0.4) is 0 Å². The minimum absolute atomic E-state index is 0.617. The largest absolute Gasteiger partial charge is 0.492 e. The minimum Gasteiger partial charge on any atom is -0.492 e. The van der Waals surface area contributed by atoms with Crippen molar-refractivity contribution in [3.8, 4) is 17.4 Å². The predicted molar refractivity (Wildman–Crippen MR) is 177 cm³/mol. The maximum absolute atomic E-state index is 8.14. The Morgan fingerprint density at radius 1 is 0.791 bits per heavy atom. The molecule has 0 aliphatic heterocycles. The number of nitrogens with one attached hydrogen (secondary N) is 2. The lowest BCUT2D eigenvalue weighted by molar-refractivity contribution is 0.261. The van der Waals surface area contributed by atoms with E-state index in [2.05, 4.69) is 114 Å². The van der Waals surface area contributed by atoms with Crippen molar-refractivity contribution in [1.82, 2.24) is 24.3 Å². The number of hydrogen-bond donors (Lipinski definition) is 2. The van der Waals surface area contributed by atoms with E-state index in [0.29, 0.717) is 19.6 Å². The van der Waals surface area contributed by atoms with Gasteiger partial charge in [-0.15, -0.1) is 0 Å². The van der Waals surface area contributed by atoms with Gasteiger partial charge >= 0.3 is 0 Å². The van der Waals surface area contributed by atoms with E-state index in [1.54, 1.807) is 0 Å². The molecule has 5 rings (SSSR count). The Hall–Kier alpha value is -4.62. The number of fused-ring (bicyclic) bond motifs is 1. The summed E-state index contributed by atoms with van der Waals surface area (Å²) in [6.07, 6.45) is 4.01. The van der Waals surface area contributed by atoms with Crippen LogP contribution in [0.5, 0.6) is 5.75 Å². The molecule has 0 saturated carbocycles. The summed E-state index contributed by atoms with van der Waals surface area (Å²) in [5.74, 6) is 2.67. The number of pyridine rings is 1. The summed E-state index contributed by atoms with van der Waals surface area (Å²) in [6.45, 7) is 10.6. The molecular weight excluding hydrogens is 532 g/mol. The van der Waals surface area contributed by atoms with Crippen LogP contribution in [0, 0.1) is 33.1 Å². The monoisotopic (exact) mass is 574 g/mol. The first-order valence-electron chi connectivity index (χ1n) is 14.8. The van der Waals surface area contributed by atoms with E-state index in [0.717, 1.165) is 63.2 Å². The molecule has 5 aromatic rings. The van der Waals surface area contributed by atoms with Gasteiger partial charge in [-0.05, 0) is 124 Å². The van der Waals surface area contributed by atoms with Gasteiger partial charge in [0.15, 0.2) is 0 Å². The molecule has 0 atom stereocenters. The molecule has 7 nitrogen and oxygen atoms in total. The number of aromatic nitrogens is 3. The Morgan fingerprint density at radius 2 is 1.37 bits per heavy atom. The van der Waals surface area contributed by atoms with Gasteiger partial charge in [-0.2, -0.15) is 0 Å². The standard InChI is InChI=1S/C36H42N6O/c1-25-7-8-26(2)41(25)35-19-30(20-36(39-35)42-27(3)9-10-28(42)4)17-31(22-37)24-38-23-29-11-12-33-21-34(14-13-32(33)18-29)43-16-15-40(5)6/h7-14,18-22,24,37-38H,15-17,23H2,1-6H3/b31-24-,37-22?. The average molecular weight is 575 g/mol. The van der Waals surface area contributed by atoms with Gasteiger partial charge in [-0.1, -0.05) is 18.2 Å². The van der Waals surface area contributed by atoms with Crippen molar-refractivity contribution in [2.75, 3.05) is 27.2 Å². The number of hydrogen-bond acceptors (Lipinski definition) is 5. The van der Waals surface area contributed by atoms with Crippen LogP contribution >= 0.6 is 0 Å². The highest BCUT2D eigenvalue weighted by Gasteiger charge is 2.13. The van der Waals surface area contributed by atoms with Crippen LogP contribution < -0.4 is 10.1 Å². The molecule has 222 valence electrons. The molecule has 0 amide bonds. The summed E-state index contributed by atoms with van der Waals surface area (Å²) in [5, 5.41) is 13.9. The third kappa shape index (κ3) is 7.07. The van der Waals surface area contributed by atoms with Crippen molar-refractivity contribution < 1.29 is 4.74 Å². The van der Waals surface area contributed by atoms with Gasteiger partial charge in [0.1, 0.15) is 24.0 Å². The number of rotatable bonds is 12. The van der Waals surface area contributed by atoms with E-state index < -0.39 is 0 Å². The predicted octanol–water partition coefficient (Wildman–Crippen LogP) is 6.86. The third-order valence-electron chi connectivity index (χ3n) is 7.73. The number of aryl methyl sites for hydroxylation is 4. The second kappa shape index (κ2) is 13.1. The Labute approximate surface area is 255 Å². The minimum atomic E-state index is 0.617. The van der Waals surface area contributed by atoms with Gasteiger partial charge in [0, 0.05) is 54.7 Å². The van der Waals surface area contributed by atoms with Crippen LogP contribution in [-0.2, 0) is 13.0 Å². The maximum Gasteiger partial charge on any atom is 0.139 e. The molecule has 0 aliphatic rings. The molecule has 3 aromatic heterocycles. The molecule has 0 unspecified atom stereocenters. The zero-order valence-electron chi connectivity index (χ0n) is 26.1. The molecule has 2 N–H and O–H groups in total. The van der Waals surface area contributed by atoms with Crippen LogP contribution in [0.4, 0.5) is 0 Å². The summed E-state index contributed by atoms with van der Waals surface area (Å²) in [7, 11) is 4.09. The second-order valence-corrected chi connectivity index (χ2v) is 11.5. The molecule has 7 heteroatoms. The van der Waals surface area contributed by atoms with E-state index in [9.17, 15) is 0 Å². The first kappa shape index (κ1) is 29.9. The molecule has 0 radical (unpaired) electrons. The van der Waals surface area contributed by atoms with E-state index in [1.165, 1.54) is 17.2 Å². The molecule has 2 aromatic carbocycles. The van der Waals surface area contributed by atoms with Crippen LogP contribution in [-0.4, -0.2) is 52.5 Å². The number of allylic oxidation sites excluding steroid dienone is 1. The van der Waals surface area contributed by atoms with Crippen molar-refractivity contribution >= 4 is 17.0 Å². The Kier molecular flexibility index (Phi) is 9.12. The quantitative estimate of drug-likeness (QED) is 0.160. The van der Waals surface area contributed by atoms with Crippen LogP contribution in [0.2, 0.25) is 0 Å². The third-order valence-corrected chi connectivity index (χ3v) is 7.73. The fraction of sp³-hybridized carbons (Fsp3) is 0.278. The van der Waals surface area contributed by atoms with Gasteiger partial charge in [0.05, 0.1) is 0 Å². The normalized spacial score (nSPS) is 11.8. The molecule has 0 saturated heterocycles. The van der Waals surface area contributed by atoms with E-state index >= 15 is 0 Å². The van der Waals surface area contributed by atoms with Gasteiger partial charge < -0.3 is 29.5 Å². The number of benzene rings is 2. The topological polar surface area (TPSA) is 71.1 Å². The molecule has 0 aliphatic carbocycles. The van der Waals surface area contributed by atoms with Crippen LogP contribution in [0.1, 0.15) is 33.9 Å². The smallest absolute Gasteiger partial charge is 0.139 e. The number of ether oxygens (including phenoxy) is 1. The Balaban J connectivity index is 1.33. The first-order chi connectivity index (χ1) is 20.7. The zero-order valence-corrected chi connectivity index (χ0v) is 26.1. The molecule has 0 bridgehead atoms. The fourth-order valence-electron chi connectivity index (χ4n) is 5.44. The molecule has 3 heterocycles. The Morgan fingerprint density at radius 3 is 1.95 bits per heavy atom. The number of likely N-dealkylation sites (N-methyl/N-ethyl adjacent to an activating group) is 1. The van der Waals surface area contributed by atoms with Gasteiger partial charge in [-0.25, -0.2) is 4.98 Å². The molecule has 0 spiro atoms. The van der Waals surface area contributed by atoms with E-state index in [-0.39, 0.29) is 0 Å². The molecular formula is C36H42N6O. The summed E-state index contributed by atoms with van der Waals surface area (Å²) in [4.78, 5) is 7.18. The van der Waals surface area contributed by atoms with Crippen molar-refractivity contribution in [1.29, 1.82) is 5.41 Å². The van der Waals surface area contributed by atoms with Crippen molar-refractivity contribution in [2.45, 2.75) is 40.7 Å². The van der Waals surface area contributed by atoms with Gasteiger partial charge in [0.25, 0.3) is 0 Å². The van der Waals surface area contributed by atoms with Crippen molar-refractivity contribution in [3.63, 3.8) is 0 Å². The molecule has 0 fully saturated rings. The van der Waals surface area contributed by atoms with Crippen molar-refractivity contribution in [3.05, 3.63) is 118 Å². The highest BCUT2D eigenvalue weighted by Crippen LogP contribution is 2.24. The van der Waals surface area contributed by atoms with Crippen molar-refractivity contribution in [2.24, 2.45) is 0 Å². The van der Waals surface area contributed by atoms with Gasteiger partial charge in [0.2, 0.25) is 0 Å². The first-order valence-corrected chi connectivity index (χ1v) is 14.8. The summed E-state index contributed by atoms with van der Waals surface area (Å²) >= 11 is 0. The fourth-order valence-corrected chi connectivity index (χ4v) is 5.44. The van der Waals surface area contributed by atoms with Gasteiger partial charge in [-0.3, -0.25) is 0 Å². The highest BCUT2D eigenvalue weighted by molar-refractivity contribution is 5.84. The second-order valence-electron chi connectivity index (χ2n) is 11.5. The van der Waals surface area contributed by atoms with Crippen LogP contribution in [0.15, 0.2) is 84.6 Å². The summed E-state index contributed by atoms with van der Waals surface area (Å²) in [5.41, 5.74) is 7.74. The Bertz CT molecular complexity index is 1670. The number of nitrogens with zero attached hydrogens (tertiary/aromatic N) is 4. The lowest BCUT2D eigenvalue weighted by Crippen LogP contribution is -2.19. The highest BCUT2D eigenvalue weighted by atomic mass is 16.5. The average Bonchev–Trinajstić information content (AvgIpc) is 3.50. The lowest BCUT2D eigenvalue weighted by Gasteiger charge is -2.16. The van der Waals surface area contributed by atoms with Crippen LogP contribution in [0.25, 0.3) is 22.4 Å². The van der Waals surface area contributed by atoms with E-state index in [4.69, 9.17) is 15.1 Å². The SMILES string of the molecule is Cc1ccc(C)n1-c1cc(C/C(C=N)=C/NCc2ccc3cc(OCCN(C)C)ccc3c2)cc(-n2c(C)ccc2C)n1. The van der Waals surface area contributed by atoms with E-state index in [1.807, 2.05) is 26.4 Å². The maximum atomic E-state index is 8.14. The summed E-state index contributed by atoms with van der Waals surface area (Å²) < 4.78 is 10.3. The zero-order chi connectivity index (χ0) is 30.5. The summed E-state index contributed by atoms with van der Waals surface area (Å²) in [6, 6.07) is 25.5. The lowest BCUT2D eigenvalue weighted by atomic mass is 10.1.